The van der Waals surface area contributed by atoms with Crippen LogP contribution in [0.15, 0.2) is 0 Å². The Balaban J connectivity index is 2.54. The van der Waals surface area contributed by atoms with Crippen LogP contribution in [0.25, 0.3) is 0 Å². The minimum atomic E-state index is -0.781. The molecule has 0 aromatic rings. The maximum atomic E-state index is 10.8. The first-order valence-electron chi connectivity index (χ1n) is 5.21. The molecule has 2 N–H and O–H groups in total. The largest absolute Gasteiger partial charge is 0.480 e. The Kier molecular flexibility index (Phi) is 3.89. The number of rotatable bonds is 3. The molecule has 0 bridgehead atoms. The summed E-state index contributed by atoms with van der Waals surface area (Å²) in [6.07, 6.45) is 1.34. The predicted molar refractivity (Wildman–Crippen MR) is 53.1 cm³/mol. The molecule has 1 fully saturated rings. The number of likely N-dealkylation sites (tertiary alicyclic amines) is 1. The van der Waals surface area contributed by atoms with E-state index in [1.165, 1.54) is 0 Å². The minimum Gasteiger partial charge on any atom is -0.480 e. The molecule has 4 nitrogen and oxygen atoms in total. The third-order valence-electron chi connectivity index (χ3n) is 3.15. The van der Waals surface area contributed by atoms with Crippen LogP contribution >= 0.6 is 0 Å². The summed E-state index contributed by atoms with van der Waals surface area (Å²) in [6, 6.07) is -0.434. The molecular weight excluding hydrogens is 182 g/mol. The van der Waals surface area contributed by atoms with Crippen molar-refractivity contribution in [2.45, 2.75) is 38.8 Å². The molecule has 14 heavy (non-hydrogen) atoms. The number of aliphatic hydroxyl groups excluding tert-OH is 1. The average molecular weight is 201 g/mol. The van der Waals surface area contributed by atoms with E-state index >= 15 is 0 Å². The molecule has 3 atom stereocenters. The second-order valence-corrected chi connectivity index (χ2v) is 4.03. The van der Waals surface area contributed by atoms with Gasteiger partial charge in [0.15, 0.2) is 0 Å². The van der Waals surface area contributed by atoms with Crippen molar-refractivity contribution in [3.63, 3.8) is 0 Å². The molecule has 0 aromatic carbocycles. The zero-order valence-corrected chi connectivity index (χ0v) is 8.81. The number of aliphatic carboxylic acids is 1. The van der Waals surface area contributed by atoms with E-state index in [0.29, 0.717) is 19.5 Å². The van der Waals surface area contributed by atoms with E-state index in [2.05, 4.69) is 0 Å². The Labute approximate surface area is 84.5 Å². The molecule has 0 aromatic heterocycles. The second kappa shape index (κ2) is 4.75. The molecule has 4 heteroatoms. The molecule has 0 spiro atoms. The average Bonchev–Trinajstić information content (AvgIpc) is 2.17. The monoisotopic (exact) mass is 201 g/mol. The fourth-order valence-electron chi connectivity index (χ4n) is 1.96. The molecular formula is C10H19NO3. The molecule has 1 aliphatic rings. The van der Waals surface area contributed by atoms with E-state index < -0.39 is 12.0 Å². The summed E-state index contributed by atoms with van der Waals surface area (Å²) in [6.45, 7) is 5.12. The molecule has 1 heterocycles. The lowest BCUT2D eigenvalue weighted by Gasteiger charge is -2.37. The van der Waals surface area contributed by atoms with Gasteiger partial charge in [0, 0.05) is 13.1 Å². The summed E-state index contributed by atoms with van der Waals surface area (Å²) in [5.74, 6) is -0.554. The van der Waals surface area contributed by atoms with Crippen molar-refractivity contribution in [1.82, 2.24) is 4.90 Å². The van der Waals surface area contributed by atoms with Crippen LogP contribution in [0.1, 0.15) is 26.7 Å². The summed E-state index contributed by atoms with van der Waals surface area (Å²) >= 11 is 0. The normalized spacial score (nSPS) is 31.4. The van der Waals surface area contributed by atoms with Crippen molar-refractivity contribution >= 4 is 5.97 Å². The highest BCUT2D eigenvalue weighted by Gasteiger charge is 2.30. The van der Waals surface area contributed by atoms with Crippen LogP contribution in [0.2, 0.25) is 0 Å². The quantitative estimate of drug-likeness (QED) is 0.700. The van der Waals surface area contributed by atoms with Crippen LogP contribution in [0, 0.1) is 5.92 Å². The number of aliphatic hydroxyl groups is 1. The van der Waals surface area contributed by atoms with E-state index in [-0.39, 0.29) is 12.0 Å². The van der Waals surface area contributed by atoms with E-state index in [0.717, 1.165) is 6.42 Å². The van der Waals surface area contributed by atoms with Crippen LogP contribution in [-0.4, -0.2) is 46.3 Å². The van der Waals surface area contributed by atoms with Crippen LogP contribution in [-0.2, 0) is 4.79 Å². The van der Waals surface area contributed by atoms with Crippen LogP contribution in [0.4, 0.5) is 0 Å². The molecule has 1 rings (SSSR count). The molecule has 1 saturated heterocycles. The van der Waals surface area contributed by atoms with E-state index in [4.69, 9.17) is 5.11 Å². The van der Waals surface area contributed by atoms with Gasteiger partial charge in [-0.2, -0.15) is 0 Å². The lowest BCUT2D eigenvalue weighted by atomic mass is 9.91. The first-order chi connectivity index (χ1) is 6.56. The highest BCUT2D eigenvalue weighted by Crippen LogP contribution is 2.21. The van der Waals surface area contributed by atoms with Gasteiger partial charge in [-0.05, 0) is 25.7 Å². The Bertz CT molecular complexity index is 208. The third kappa shape index (κ3) is 2.45. The summed E-state index contributed by atoms with van der Waals surface area (Å²) in [5.41, 5.74) is 0. The van der Waals surface area contributed by atoms with E-state index in [1.807, 2.05) is 11.8 Å². The van der Waals surface area contributed by atoms with Gasteiger partial charge < -0.3 is 10.2 Å². The van der Waals surface area contributed by atoms with Crippen LogP contribution < -0.4 is 0 Å². The maximum Gasteiger partial charge on any atom is 0.320 e. The zero-order chi connectivity index (χ0) is 10.7. The van der Waals surface area contributed by atoms with Crippen molar-refractivity contribution in [2.75, 3.05) is 13.1 Å². The number of carbonyl (C=O) groups is 1. The van der Waals surface area contributed by atoms with Gasteiger partial charge in [0.25, 0.3) is 0 Å². The fraction of sp³-hybridized carbons (Fsp3) is 0.900. The first-order valence-corrected chi connectivity index (χ1v) is 5.21. The Morgan fingerprint density at radius 1 is 1.64 bits per heavy atom. The topological polar surface area (TPSA) is 60.8 Å². The predicted octanol–water partition coefficient (Wildman–Crippen LogP) is 0.552. The number of piperidine rings is 1. The fourth-order valence-corrected chi connectivity index (χ4v) is 1.96. The SMILES string of the molecule is CC[C@@H]1CN([C@@H](C)C(=O)O)CC[C@@H]1O. The lowest BCUT2D eigenvalue weighted by Crippen LogP contribution is -2.49. The number of carboxylic acid groups (broad SMARTS) is 1. The lowest BCUT2D eigenvalue weighted by molar-refractivity contribution is -0.144. The summed E-state index contributed by atoms with van der Waals surface area (Å²) in [5, 5.41) is 18.5. The smallest absolute Gasteiger partial charge is 0.320 e. The molecule has 0 unspecified atom stereocenters. The van der Waals surface area contributed by atoms with Gasteiger partial charge in [0.1, 0.15) is 6.04 Å². The molecule has 0 saturated carbocycles. The van der Waals surface area contributed by atoms with Gasteiger partial charge in [0.05, 0.1) is 6.10 Å². The third-order valence-corrected chi connectivity index (χ3v) is 3.15. The van der Waals surface area contributed by atoms with Gasteiger partial charge in [0.2, 0.25) is 0 Å². The van der Waals surface area contributed by atoms with E-state index in [1.54, 1.807) is 6.92 Å². The highest BCUT2D eigenvalue weighted by atomic mass is 16.4. The Hall–Kier alpha value is -0.610. The molecule has 1 aliphatic heterocycles. The van der Waals surface area contributed by atoms with Crippen molar-refractivity contribution in [1.29, 1.82) is 0 Å². The minimum absolute atomic E-state index is 0.227. The number of hydrogen-bond donors (Lipinski definition) is 2. The summed E-state index contributed by atoms with van der Waals surface area (Å²) in [4.78, 5) is 12.7. The van der Waals surface area contributed by atoms with Crippen molar-refractivity contribution < 1.29 is 15.0 Å². The Morgan fingerprint density at radius 2 is 2.29 bits per heavy atom. The van der Waals surface area contributed by atoms with Crippen LogP contribution in [0.5, 0.6) is 0 Å². The molecule has 0 amide bonds. The van der Waals surface area contributed by atoms with E-state index in [9.17, 15) is 9.90 Å². The van der Waals surface area contributed by atoms with Gasteiger partial charge in [-0.1, -0.05) is 6.92 Å². The van der Waals surface area contributed by atoms with Crippen molar-refractivity contribution in [3.05, 3.63) is 0 Å². The van der Waals surface area contributed by atoms with Gasteiger partial charge in [-0.15, -0.1) is 0 Å². The van der Waals surface area contributed by atoms with Crippen LogP contribution in [0.3, 0.4) is 0 Å². The summed E-state index contributed by atoms with van der Waals surface area (Å²) < 4.78 is 0. The van der Waals surface area contributed by atoms with Gasteiger partial charge >= 0.3 is 5.97 Å². The maximum absolute atomic E-state index is 10.8. The van der Waals surface area contributed by atoms with Gasteiger partial charge in [-0.3, -0.25) is 9.69 Å². The van der Waals surface area contributed by atoms with Gasteiger partial charge in [-0.25, -0.2) is 0 Å². The zero-order valence-electron chi connectivity index (χ0n) is 8.81. The number of hydrogen-bond acceptors (Lipinski definition) is 3. The molecule has 82 valence electrons. The van der Waals surface area contributed by atoms with Crippen molar-refractivity contribution in [2.24, 2.45) is 5.92 Å². The number of carboxylic acids is 1. The first kappa shape index (κ1) is 11.5. The molecule has 0 radical (unpaired) electrons. The van der Waals surface area contributed by atoms with Crippen molar-refractivity contribution in [3.8, 4) is 0 Å². The number of nitrogens with zero attached hydrogens (tertiary/aromatic N) is 1. The standard InChI is InChI=1S/C10H19NO3/c1-3-8-6-11(5-4-9(8)12)7(2)10(13)14/h7-9,12H,3-6H2,1-2H3,(H,13,14)/t7-,8+,9-/m0/s1. The molecule has 0 aliphatic carbocycles. The second-order valence-electron chi connectivity index (χ2n) is 4.03. The summed E-state index contributed by atoms with van der Waals surface area (Å²) in [7, 11) is 0. The Morgan fingerprint density at radius 3 is 2.79 bits per heavy atom. The highest BCUT2D eigenvalue weighted by molar-refractivity contribution is 5.72.